The summed E-state index contributed by atoms with van der Waals surface area (Å²) >= 11 is 11.6. The van der Waals surface area contributed by atoms with E-state index in [0.29, 0.717) is 34.1 Å². The van der Waals surface area contributed by atoms with Crippen LogP contribution in [0.15, 0.2) is 54.7 Å². The third kappa shape index (κ3) is 4.95. The summed E-state index contributed by atoms with van der Waals surface area (Å²) in [4.78, 5) is 23.8. The zero-order valence-corrected chi connectivity index (χ0v) is 17.6. The van der Waals surface area contributed by atoms with Crippen molar-refractivity contribution in [2.75, 3.05) is 10.6 Å². The molecule has 2 amide bonds. The van der Waals surface area contributed by atoms with Gasteiger partial charge in [-0.1, -0.05) is 35.3 Å². The molecule has 0 unspecified atom stereocenters. The molecule has 0 aliphatic rings. The summed E-state index contributed by atoms with van der Waals surface area (Å²) in [6.45, 7) is 0. The van der Waals surface area contributed by atoms with Gasteiger partial charge in [-0.25, -0.2) is 14.8 Å². The highest BCUT2D eigenvalue weighted by molar-refractivity contribution is 6.33. The van der Waals surface area contributed by atoms with Crippen molar-refractivity contribution in [3.63, 3.8) is 0 Å². The summed E-state index contributed by atoms with van der Waals surface area (Å²) in [6, 6.07) is 11.2. The fourth-order valence-electron chi connectivity index (χ4n) is 3.05. The van der Waals surface area contributed by atoms with E-state index >= 15 is 0 Å². The average molecular weight is 480 g/mol. The van der Waals surface area contributed by atoms with Crippen molar-refractivity contribution in [2.24, 2.45) is 0 Å². The average Bonchev–Trinajstić information content (AvgIpc) is 3.14. The summed E-state index contributed by atoms with van der Waals surface area (Å²) in [6.07, 6.45) is -2.54. The van der Waals surface area contributed by atoms with E-state index in [0.717, 1.165) is 17.7 Å². The van der Waals surface area contributed by atoms with Crippen LogP contribution in [0.4, 0.5) is 29.3 Å². The van der Waals surface area contributed by atoms with Gasteiger partial charge < -0.3 is 15.6 Å². The molecule has 2 aromatic heterocycles. The monoisotopic (exact) mass is 479 g/mol. The van der Waals surface area contributed by atoms with E-state index < -0.39 is 22.8 Å². The zero-order valence-electron chi connectivity index (χ0n) is 16.1. The van der Waals surface area contributed by atoms with Gasteiger partial charge in [0.2, 0.25) is 0 Å². The molecule has 0 atom stereocenters. The summed E-state index contributed by atoms with van der Waals surface area (Å²) in [5, 5.41) is 4.83. The van der Waals surface area contributed by atoms with Crippen molar-refractivity contribution in [3.8, 4) is 0 Å². The van der Waals surface area contributed by atoms with Crippen molar-refractivity contribution in [1.82, 2.24) is 15.0 Å². The first-order valence-electron chi connectivity index (χ1n) is 9.22. The van der Waals surface area contributed by atoms with Gasteiger partial charge in [0.15, 0.2) is 5.15 Å². The third-order valence-corrected chi connectivity index (χ3v) is 5.14. The Balaban J connectivity index is 1.40. The Morgan fingerprint density at radius 3 is 2.38 bits per heavy atom. The topological polar surface area (TPSA) is 82.7 Å². The van der Waals surface area contributed by atoms with Crippen LogP contribution in [0.25, 0.3) is 11.0 Å². The Morgan fingerprint density at radius 2 is 1.69 bits per heavy atom. The number of carbonyl (C=O) groups excluding carboxylic acids is 1. The Labute approximate surface area is 189 Å². The Hall–Kier alpha value is -3.30. The van der Waals surface area contributed by atoms with E-state index in [2.05, 4.69) is 25.6 Å². The molecule has 0 radical (unpaired) electrons. The van der Waals surface area contributed by atoms with E-state index in [-0.39, 0.29) is 5.69 Å². The van der Waals surface area contributed by atoms with Gasteiger partial charge >= 0.3 is 12.2 Å². The Bertz CT molecular complexity index is 1290. The molecule has 2 heterocycles. The first-order chi connectivity index (χ1) is 15.2. The van der Waals surface area contributed by atoms with Crippen LogP contribution < -0.4 is 10.6 Å². The lowest BCUT2D eigenvalue weighted by Crippen LogP contribution is -2.20. The molecule has 32 heavy (non-hydrogen) atoms. The number of aromatic amines is 1. The number of hydrogen-bond donors (Lipinski definition) is 3. The normalized spacial score (nSPS) is 11.5. The first kappa shape index (κ1) is 21.9. The molecule has 164 valence electrons. The van der Waals surface area contributed by atoms with Crippen molar-refractivity contribution < 1.29 is 18.0 Å². The number of fused-ring (bicyclic) bond motifs is 1. The number of urea groups is 1. The molecule has 4 rings (SSSR count). The lowest BCUT2D eigenvalue weighted by Gasteiger charge is -2.12. The molecule has 11 heteroatoms. The smallest absolute Gasteiger partial charge is 0.339 e. The van der Waals surface area contributed by atoms with Crippen LogP contribution in [-0.2, 0) is 12.6 Å². The predicted molar refractivity (Wildman–Crippen MR) is 117 cm³/mol. The molecule has 0 spiro atoms. The van der Waals surface area contributed by atoms with Crippen LogP contribution in [0.2, 0.25) is 10.2 Å². The van der Waals surface area contributed by atoms with E-state index in [1.807, 2.05) is 0 Å². The second-order valence-corrected chi connectivity index (χ2v) is 7.59. The zero-order chi connectivity index (χ0) is 22.9. The van der Waals surface area contributed by atoms with Crippen LogP contribution in [0, 0.1) is 0 Å². The fourth-order valence-corrected chi connectivity index (χ4v) is 3.48. The van der Waals surface area contributed by atoms with Gasteiger partial charge in [-0.3, -0.25) is 0 Å². The van der Waals surface area contributed by atoms with Gasteiger partial charge in [0.1, 0.15) is 11.3 Å². The number of halogens is 5. The molecule has 0 saturated carbocycles. The number of aromatic nitrogens is 3. The number of rotatable bonds is 4. The maximum atomic E-state index is 13.0. The predicted octanol–water partition coefficient (Wildman–Crippen LogP) is 6.52. The highest BCUT2D eigenvalue weighted by Crippen LogP contribution is 2.36. The number of benzene rings is 2. The van der Waals surface area contributed by atoms with Gasteiger partial charge in [0, 0.05) is 24.0 Å². The molecule has 0 fully saturated rings. The molecule has 0 aliphatic carbocycles. The summed E-state index contributed by atoms with van der Waals surface area (Å²) in [5.41, 5.74) is 1.71. The van der Waals surface area contributed by atoms with E-state index in [4.69, 9.17) is 23.2 Å². The largest absolute Gasteiger partial charge is 0.417 e. The number of nitrogens with one attached hydrogen (secondary N) is 3. The van der Waals surface area contributed by atoms with Crippen LogP contribution in [0.3, 0.4) is 0 Å². The second-order valence-electron chi connectivity index (χ2n) is 6.82. The van der Waals surface area contributed by atoms with Gasteiger partial charge in [0.05, 0.1) is 16.1 Å². The van der Waals surface area contributed by atoms with Crippen LogP contribution in [-0.4, -0.2) is 21.0 Å². The molecular weight excluding hydrogens is 466 g/mol. The summed E-state index contributed by atoms with van der Waals surface area (Å²) in [5.74, 6) is 0.705. The summed E-state index contributed by atoms with van der Waals surface area (Å²) in [7, 11) is 0. The maximum absolute atomic E-state index is 13.0. The molecule has 4 aromatic rings. The molecule has 0 aliphatic heterocycles. The highest BCUT2D eigenvalue weighted by atomic mass is 35.5. The number of nitrogens with zero attached hydrogens (tertiary/aromatic N) is 2. The van der Waals surface area contributed by atoms with Crippen molar-refractivity contribution in [1.29, 1.82) is 0 Å². The summed E-state index contributed by atoms with van der Waals surface area (Å²) < 4.78 is 38.9. The molecule has 2 aromatic carbocycles. The first-order valence-corrected chi connectivity index (χ1v) is 9.97. The number of H-pyrrole nitrogens is 1. The van der Waals surface area contributed by atoms with Crippen molar-refractivity contribution >= 4 is 51.6 Å². The quantitative estimate of drug-likeness (QED) is 0.291. The number of carbonyl (C=O) groups is 1. The van der Waals surface area contributed by atoms with E-state index in [9.17, 15) is 18.0 Å². The lowest BCUT2D eigenvalue weighted by molar-refractivity contribution is -0.137. The number of hydrogen-bond acceptors (Lipinski definition) is 3. The minimum atomic E-state index is -4.62. The minimum absolute atomic E-state index is 0.0334. The number of anilines is 2. The maximum Gasteiger partial charge on any atom is 0.417 e. The van der Waals surface area contributed by atoms with E-state index in [1.165, 1.54) is 6.07 Å². The Morgan fingerprint density at radius 1 is 1.00 bits per heavy atom. The molecular formula is C21H14Cl2F3N5O. The van der Waals surface area contributed by atoms with Gasteiger partial charge in [-0.05, 0) is 42.0 Å². The second kappa shape index (κ2) is 8.68. The van der Waals surface area contributed by atoms with E-state index in [1.54, 1.807) is 36.5 Å². The highest BCUT2D eigenvalue weighted by Gasteiger charge is 2.33. The molecule has 0 saturated heterocycles. The fraction of sp³-hybridized carbons (Fsp3) is 0.0952. The number of imidazole rings is 1. The molecule has 6 nitrogen and oxygen atoms in total. The van der Waals surface area contributed by atoms with Crippen molar-refractivity contribution in [2.45, 2.75) is 12.6 Å². The standard InChI is InChI=1S/C21H14Cl2F3N5O/c22-15-6-5-13(10-14(15)21(24,25)26)29-20(32)28-12-3-1-11(2-4-12)9-17-30-16-7-8-27-19(23)18(16)31-17/h1-8,10H,9H2,(H,30,31)(H2,28,29,32). The van der Waals surface area contributed by atoms with Gasteiger partial charge in [-0.15, -0.1) is 0 Å². The number of pyridine rings is 1. The molecule has 0 bridgehead atoms. The van der Waals surface area contributed by atoms with Crippen LogP contribution in [0.1, 0.15) is 17.0 Å². The molecule has 3 N–H and O–H groups in total. The van der Waals surface area contributed by atoms with Crippen LogP contribution >= 0.6 is 23.2 Å². The van der Waals surface area contributed by atoms with Gasteiger partial charge in [0.25, 0.3) is 0 Å². The SMILES string of the molecule is O=C(Nc1ccc(Cc2nc3ccnc(Cl)c3[nH]2)cc1)Nc1ccc(Cl)c(C(F)(F)F)c1. The van der Waals surface area contributed by atoms with Crippen LogP contribution in [0.5, 0.6) is 0 Å². The van der Waals surface area contributed by atoms with Crippen molar-refractivity contribution in [3.05, 3.63) is 81.9 Å². The lowest BCUT2D eigenvalue weighted by atomic mass is 10.1. The minimum Gasteiger partial charge on any atom is -0.339 e. The number of amides is 2. The Kier molecular flexibility index (Phi) is 5.94. The van der Waals surface area contributed by atoms with Gasteiger partial charge in [-0.2, -0.15) is 13.2 Å². The number of alkyl halides is 3. The third-order valence-electron chi connectivity index (χ3n) is 4.52.